The van der Waals surface area contributed by atoms with Crippen molar-refractivity contribution in [3.05, 3.63) is 99.0 Å². The average molecular weight is 411 g/mol. The van der Waals surface area contributed by atoms with Gasteiger partial charge in [0.2, 0.25) is 0 Å². The van der Waals surface area contributed by atoms with E-state index in [1.165, 1.54) is 16.7 Å². The summed E-state index contributed by atoms with van der Waals surface area (Å²) in [4.78, 5) is 15.5. The van der Waals surface area contributed by atoms with Gasteiger partial charge in [0.25, 0.3) is 0 Å². The SMILES string of the molecule is Cc1ccc2c(c1)OCc1ccccc1/C2=C\c1ccc2c(c1)[nH]c(=O)n2CC(C)C. The van der Waals surface area contributed by atoms with Gasteiger partial charge in [0.05, 0.1) is 11.0 Å². The molecule has 4 nitrogen and oxygen atoms in total. The first-order chi connectivity index (χ1) is 15.0. The van der Waals surface area contributed by atoms with E-state index in [1.54, 1.807) is 0 Å². The molecule has 5 rings (SSSR count). The Kier molecular flexibility index (Phi) is 4.78. The van der Waals surface area contributed by atoms with Crippen LogP contribution in [0.2, 0.25) is 0 Å². The average Bonchev–Trinajstić information content (AvgIpc) is 2.96. The summed E-state index contributed by atoms with van der Waals surface area (Å²) in [6.07, 6.45) is 2.19. The second-order valence-electron chi connectivity index (χ2n) is 8.71. The van der Waals surface area contributed by atoms with Gasteiger partial charge in [-0.25, -0.2) is 4.79 Å². The molecule has 0 fully saturated rings. The van der Waals surface area contributed by atoms with Crippen molar-refractivity contribution in [2.75, 3.05) is 0 Å². The van der Waals surface area contributed by atoms with E-state index in [9.17, 15) is 4.79 Å². The van der Waals surface area contributed by atoms with Gasteiger partial charge in [0.1, 0.15) is 12.4 Å². The highest BCUT2D eigenvalue weighted by Gasteiger charge is 2.19. The maximum atomic E-state index is 12.5. The molecule has 1 aromatic heterocycles. The van der Waals surface area contributed by atoms with Crippen LogP contribution < -0.4 is 10.4 Å². The second kappa shape index (κ2) is 7.62. The minimum atomic E-state index is -0.0532. The van der Waals surface area contributed by atoms with Crippen LogP contribution in [-0.2, 0) is 13.2 Å². The molecule has 0 amide bonds. The molecule has 0 saturated carbocycles. The van der Waals surface area contributed by atoms with Crippen LogP contribution in [0.15, 0.2) is 65.5 Å². The summed E-state index contributed by atoms with van der Waals surface area (Å²) in [5.41, 5.74) is 8.54. The summed E-state index contributed by atoms with van der Waals surface area (Å²) in [7, 11) is 0. The topological polar surface area (TPSA) is 47.0 Å². The van der Waals surface area contributed by atoms with Crippen molar-refractivity contribution in [2.45, 2.75) is 33.9 Å². The van der Waals surface area contributed by atoms with E-state index in [2.05, 4.69) is 86.4 Å². The third kappa shape index (κ3) is 3.59. The van der Waals surface area contributed by atoms with Gasteiger partial charge in [-0.05, 0) is 64.9 Å². The lowest BCUT2D eigenvalue weighted by atomic mass is 9.92. The number of hydrogen-bond donors (Lipinski definition) is 1. The quantitative estimate of drug-likeness (QED) is 0.466. The predicted octanol–water partition coefficient (Wildman–Crippen LogP) is 5.78. The van der Waals surface area contributed by atoms with Crippen LogP contribution in [0.25, 0.3) is 22.7 Å². The van der Waals surface area contributed by atoms with Crippen molar-refractivity contribution in [3.8, 4) is 5.75 Å². The van der Waals surface area contributed by atoms with Crippen LogP contribution >= 0.6 is 0 Å². The minimum Gasteiger partial charge on any atom is -0.488 e. The lowest BCUT2D eigenvalue weighted by molar-refractivity contribution is 0.307. The number of imidazole rings is 1. The van der Waals surface area contributed by atoms with E-state index in [1.807, 2.05) is 10.6 Å². The highest BCUT2D eigenvalue weighted by Crippen LogP contribution is 2.38. The Morgan fingerprint density at radius 3 is 2.74 bits per heavy atom. The fourth-order valence-corrected chi connectivity index (χ4v) is 4.32. The number of nitrogens with zero attached hydrogens (tertiary/aromatic N) is 1. The molecule has 0 spiro atoms. The Hall–Kier alpha value is -3.53. The molecule has 1 aliphatic heterocycles. The van der Waals surface area contributed by atoms with Crippen molar-refractivity contribution >= 4 is 22.7 Å². The maximum absolute atomic E-state index is 12.5. The highest BCUT2D eigenvalue weighted by atomic mass is 16.5. The first-order valence-electron chi connectivity index (χ1n) is 10.8. The van der Waals surface area contributed by atoms with Gasteiger partial charge < -0.3 is 9.72 Å². The van der Waals surface area contributed by atoms with Crippen LogP contribution in [0, 0.1) is 12.8 Å². The van der Waals surface area contributed by atoms with Crippen LogP contribution in [0.3, 0.4) is 0 Å². The summed E-state index contributed by atoms with van der Waals surface area (Å²) in [6, 6.07) is 20.9. The number of fused-ring (bicyclic) bond motifs is 3. The fraction of sp³-hybridized carbons (Fsp3) is 0.222. The molecular weight excluding hydrogens is 384 g/mol. The molecule has 4 heteroatoms. The molecule has 0 saturated heterocycles. The highest BCUT2D eigenvalue weighted by molar-refractivity contribution is 5.95. The molecule has 3 aromatic carbocycles. The van der Waals surface area contributed by atoms with Gasteiger partial charge in [-0.2, -0.15) is 0 Å². The molecular formula is C27H26N2O2. The second-order valence-corrected chi connectivity index (χ2v) is 8.71. The summed E-state index contributed by atoms with van der Waals surface area (Å²) in [5.74, 6) is 1.31. The molecule has 156 valence electrons. The number of H-pyrrole nitrogens is 1. The van der Waals surface area contributed by atoms with Gasteiger partial charge >= 0.3 is 5.69 Å². The lowest BCUT2D eigenvalue weighted by Crippen LogP contribution is -2.19. The molecule has 2 heterocycles. The standard InChI is InChI=1S/C27H26N2O2/c1-17(2)15-29-25-11-9-19(14-24(25)28-27(29)30)13-23-21-7-5-4-6-20(21)16-31-26-12-18(3)8-10-22(23)26/h4-14,17H,15-16H2,1-3H3,(H,28,30)/b23-13+. The number of ether oxygens (including phenoxy) is 1. The maximum Gasteiger partial charge on any atom is 0.326 e. The van der Waals surface area contributed by atoms with Crippen LogP contribution in [0.4, 0.5) is 0 Å². The van der Waals surface area contributed by atoms with Crippen molar-refractivity contribution in [3.63, 3.8) is 0 Å². The van der Waals surface area contributed by atoms with Crippen molar-refractivity contribution in [1.82, 2.24) is 9.55 Å². The Morgan fingerprint density at radius 1 is 1.06 bits per heavy atom. The number of rotatable bonds is 3. The first-order valence-corrected chi connectivity index (χ1v) is 10.8. The normalized spacial score (nSPS) is 14.4. The smallest absolute Gasteiger partial charge is 0.326 e. The van der Waals surface area contributed by atoms with E-state index in [4.69, 9.17) is 4.74 Å². The molecule has 0 unspecified atom stereocenters. The third-order valence-electron chi connectivity index (χ3n) is 5.77. The van der Waals surface area contributed by atoms with Gasteiger partial charge in [-0.15, -0.1) is 0 Å². The minimum absolute atomic E-state index is 0.0532. The summed E-state index contributed by atoms with van der Waals surface area (Å²) in [5, 5.41) is 0. The van der Waals surface area contributed by atoms with E-state index < -0.39 is 0 Å². The molecule has 0 aliphatic carbocycles. The van der Waals surface area contributed by atoms with Gasteiger partial charge in [-0.3, -0.25) is 4.57 Å². The van der Waals surface area contributed by atoms with Crippen LogP contribution in [0.1, 0.15) is 41.7 Å². The Morgan fingerprint density at radius 2 is 1.90 bits per heavy atom. The predicted molar refractivity (Wildman–Crippen MR) is 126 cm³/mol. The van der Waals surface area contributed by atoms with Gasteiger partial charge in [0.15, 0.2) is 0 Å². The van der Waals surface area contributed by atoms with Gasteiger partial charge in [0, 0.05) is 12.1 Å². The Labute approximate surface area is 181 Å². The molecule has 1 N–H and O–H groups in total. The third-order valence-corrected chi connectivity index (χ3v) is 5.77. The van der Waals surface area contributed by atoms with Gasteiger partial charge in [-0.1, -0.05) is 56.3 Å². The number of aryl methyl sites for hydroxylation is 1. The lowest BCUT2D eigenvalue weighted by Gasteiger charge is -2.11. The van der Waals surface area contributed by atoms with E-state index in [0.29, 0.717) is 19.1 Å². The number of benzene rings is 3. The zero-order chi connectivity index (χ0) is 21.5. The molecule has 0 radical (unpaired) electrons. The van der Waals surface area contributed by atoms with Crippen molar-refractivity contribution in [2.24, 2.45) is 5.92 Å². The van der Waals surface area contributed by atoms with Crippen LogP contribution in [-0.4, -0.2) is 9.55 Å². The first kappa shape index (κ1) is 19.4. The fourth-order valence-electron chi connectivity index (χ4n) is 4.32. The Bertz CT molecular complexity index is 1370. The zero-order valence-corrected chi connectivity index (χ0v) is 18.1. The molecule has 1 aliphatic rings. The number of hydrogen-bond acceptors (Lipinski definition) is 2. The zero-order valence-electron chi connectivity index (χ0n) is 18.1. The number of aromatic amines is 1. The van der Waals surface area contributed by atoms with E-state index in [0.717, 1.165) is 33.5 Å². The molecule has 4 aromatic rings. The summed E-state index contributed by atoms with van der Waals surface area (Å²) < 4.78 is 7.98. The number of aromatic nitrogens is 2. The Balaban J connectivity index is 1.68. The largest absolute Gasteiger partial charge is 0.488 e. The van der Waals surface area contributed by atoms with Crippen LogP contribution in [0.5, 0.6) is 5.75 Å². The van der Waals surface area contributed by atoms with E-state index in [-0.39, 0.29) is 5.69 Å². The summed E-state index contributed by atoms with van der Waals surface area (Å²) in [6.45, 7) is 7.58. The van der Waals surface area contributed by atoms with Crippen molar-refractivity contribution < 1.29 is 4.74 Å². The molecule has 31 heavy (non-hydrogen) atoms. The van der Waals surface area contributed by atoms with E-state index >= 15 is 0 Å². The monoisotopic (exact) mass is 410 g/mol. The molecule has 0 atom stereocenters. The van der Waals surface area contributed by atoms with Crippen molar-refractivity contribution in [1.29, 1.82) is 0 Å². The number of nitrogens with one attached hydrogen (secondary N) is 1. The molecule has 0 bridgehead atoms. The summed E-state index contributed by atoms with van der Waals surface area (Å²) >= 11 is 0.